The van der Waals surface area contributed by atoms with Crippen molar-refractivity contribution in [2.24, 2.45) is 5.92 Å². The maximum absolute atomic E-state index is 11.8. The Morgan fingerprint density at radius 2 is 1.94 bits per heavy atom. The average molecular weight is 296 g/mol. The Morgan fingerprint density at radius 1 is 1.35 bits per heavy atom. The van der Waals surface area contributed by atoms with Crippen LogP contribution in [0, 0.1) is 5.92 Å². The summed E-state index contributed by atoms with van der Waals surface area (Å²) in [5, 5.41) is 0.150. The second-order valence-corrected chi connectivity index (χ2v) is 4.77. The number of carbonyl (C=O) groups is 1. The summed E-state index contributed by atoms with van der Waals surface area (Å²) in [6, 6.07) is 0. The molecule has 1 fully saturated rings. The Hall–Kier alpha value is -0.780. The van der Waals surface area contributed by atoms with Gasteiger partial charge in [-0.05, 0) is 5.92 Å². The van der Waals surface area contributed by atoms with Crippen molar-refractivity contribution >= 4 is 52.3 Å². The molecule has 0 aliphatic carbocycles. The third-order valence-electron chi connectivity index (χ3n) is 2.51. The second-order valence-electron chi connectivity index (χ2n) is 3.74. The summed E-state index contributed by atoms with van der Waals surface area (Å²) in [4.78, 5) is 20.8. The fourth-order valence-electron chi connectivity index (χ4n) is 1.74. The highest BCUT2D eigenvalue weighted by Gasteiger charge is 2.33. The minimum atomic E-state index is -0.0900. The van der Waals surface area contributed by atoms with E-state index >= 15 is 0 Å². The summed E-state index contributed by atoms with van der Waals surface area (Å²) in [6.07, 6.45) is 0.376. The van der Waals surface area contributed by atoms with Gasteiger partial charge in [0.1, 0.15) is 5.69 Å². The highest BCUT2D eigenvalue weighted by Crippen LogP contribution is 2.35. The number of nitrogen functional groups attached to an aromatic ring is 1. The Labute approximate surface area is 113 Å². The average Bonchev–Trinajstić information content (AvgIpc) is 2.59. The van der Waals surface area contributed by atoms with Gasteiger partial charge < -0.3 is 10.6 Å². The van der Waals surface area contributed by atoms with Crippen LogP contribution in [0.1, 0.15) is 6.42 Å². The van der Waals surface area contributed by atoms with E-state index in [1.165, 1.54) is 4.90 Å². The molecule has 1 aliphatic heterocycles. The molecule has 1 saturated heterocycles. The number of amides is 1. The number of carbonyl (C=O) groups excluding carboxylic acids is 1. The molecule has 5 nitrogen and oxygen atoms in total. The zero-order valence-corrected chi connectivity index (χ0v) is 10.9. The fourth-order valence-corrected chi connectivity index (χ4v) is 2.55. The number of rotatable bonds is 2. The van der Waals surface area contributed by atoms with Gasteiger partial charge in [0.25, 0.3) is 0 Å². The number of nitrogens with zero attached hydrogens (tertiary/aromatic N) is 3. The van der Waals surface area contributed by atoms with Crippen LogP contribution in [0.25, 0.3) is 0 Å². The van der Waals surface area contributed by atoms with Gasteiger partial charge in [0.05, 0.1) is 0 Å². The first-order chi connectivity index (χ1) is 8.02. The zero-order chi connectivity index (χ0) is 12.6. The molecule has 0 spiro atoms. The van der Waals surface area contributed by atoms with Crippen LogP contribution in [-0.4, -0.2) is 28.3 Å². The molecule has 2 rings (SSSR count). The Morgan fingerprint density at radius 3 is 2.41 bits per heavy atom. The smallest absolute Gasteiger partial charge is 0.227 e. The Balaban J connectivity index is 2.38. The van der Waals surface area contributed by atoms with E-state index in [2.05, 4.69) is 9.97 Å². The lowest BCUT2D eigenvalue weighted by atomic mass is 10.1. The van der Waals surface area contributed by atoms with E-state index in [-0.39, 0.29) is 28.1 Å². The van der Waals surface area contributed by atoms with Crippen LogP contribution in [0.2, 0.25) is 10.3 Å². The fraction of sp³-hybridized carbons (Fsp3) is 0.444. The van der Waals surface area contributed by atoms with Gasteiger partial charge in [0.2, 0.25) is 11.9 Å². The highest BCUT2D eigenvalue weighted by atomic mass is 35.5. The maximum atomic E-state index is 11.8. The number of hydrogen-bond donors (Lipinski definition) is 1. The summed E-state index contributed by atoms with van der Waals surface area (Å²) in [7, 11) is 0. The third-order valence-corrected chi connectivity index (χ3v) is 3.47. The summed E-state index contributed by atoms with van der Waals surface area (Å²) in [5.74, 6) is 0.388. The lowest BCUT2D eigenvalue weighted by molar-refractivity contribution is -0.117. The molecule has 0 aromatic carbocycles. The van der Waals surface area contributed by atoms with Crippen LogP contribution in [0.5, 0.6) is 0 Å². The molecule has 0 saturated carbocycles. The van der Waals surface area contributed by atoms with E-state index in [0.29, 0.717) is 24.5 Å². The predicted molar refractivity (Wildman–Crippen MR) is 67.6 cm³/mol. The lowest BCUT2D eigenvalue weighted by Gasteiger charge is -2.18. The van der Waals surface area contributed by atoms with Crippen molar-refractivity contribution in [1.82, 2.24) is 9.97 Å². The van der Waals surface area contributed by atoms with Crippen LogP contribution in [0.15, 0.2) is 0 Å². The molecule has 1 aromatic rings. The number of aromatic nitrogens is 2. The lowest BCUT2D eigenvalue weighted by Crippen LogP contribution is -2.26. The SMILES string of the molecule is Nc1nc(Cl)c(N2CC(CCl)CC2=O)c(Cl)n1. The third kappa shape index (κ3) is 2.41. The van der Waals surface area contributed by atoms with Gasteiger partial charge in [-0.1, -0.05) is 23.2 Å². The summed E-state index contributed by atoms with van der Waals surface area (Å²) in [5.41, 5.74) is 5.71. The quantitative estimate of drug-likeness (QED) is 0.669. The highest BCUT2D eigenvalue weighted by molar-refractivity contribution is 6.38. The molecular weight excluding hydrogens is 286 g/mol. The first kappa shape index (κ1) is 12.7. The van der Waals surface area contributed by atoms with Gasteiger partial charge in [0, 0.05) is 18.8 Å². The second kappa shape index (κ2) is 4.84. The molecule has 1 unspecified atom stereocenters. The first-order valence-corrected chi connectivity index (χ1v) is 6.16. The van der Waals surface area contributed by atoms with Gasteiger partial charge in [0.15, 0.2) is 10.3 Å². The van der Waals surface area contributed by atoms with Crippen molar-refractivity contribution in [2.45, 2.75) is 6.42 Å². The zero-order valence-electron chi connectivity index (χ0n) is 8.66. The topological polar surface area (TPSA) is 72.1 Å². The molecule has 1 aliphatic rings. The molecule has 0 bridgehead atoms. The molecule has 92 valence electrons. The van der Waals surface area contributed by atoms with E-state index in [0.717, 1.165) is 0 Å². The van der Waals surface area contributed by atoms with Crippen LogP contribution in [-0.2, 0) is 4.79 Å². The van der Waals surface area contributed by atoms with E-state index in [9.17, 15) is 4.79 Å². The molecule has 0 radical (unpaired) electrons. The number of hydrogen-bond acceptors (Lipinski definition) is 4. The summed E-state index contributed by atoms with van der Waals surface area (Å²) < 4.78 is 0. The van der Waals surface area contributed by atoms with E-state index in [1.54, 1.807) is 0 Å². The molecule has 1 amide bonds. The van der Waals surface area contributed by atoms with Crippen molar-refractivity contribution < 1.29 is 4.79 Å². The molecule has 2 N–H and O–H groups in total. The van der Waals surface area contributed by atoms with Crippen molar-refractivity contribution in [3.8, 4) is 0 Å². The van der Waals surface area contributed by atoms with Crippen molar-refractivity contribution in [1.29, 1.82) is 0 Å². The number of nitrogens with two attached hydrogens (primary N) is 1. The van der Waals surface area contributed by atoms with Crippen LogP contribution < -0.4 is 10.6 Å². The van der Waals surface area contributed by atoms with Crippen LogP contribution in [0.3, 0.4) is 0 Å². The van der Waals surface area contributed by atoms with E-state index in [1.807, 2.05) is 0 Å². The van der Waals surface area contributed by atoms with Crippen molar-refractivity contribution in [3.63, 3.8) is 0 Å². The molecule has 8 heteroatoms. The maximum Gasteiger partial charge on any atom is 0.227 e. The van der Waals surface area contributed by atoms with Gasteiger partial charge in [-0.3, -0.25) is 4.79 Å². The minimum absolute atomic E-state index is 0.0238. The summed E-state index contributed by atoms with van der Waals surface area (Å²) >= 11 is 17.6. The monoisotopic (exact) mass is 294 g/mol. The molecule has 1 aromatic heterocycles. The predicted octanol–water partition coefficient (Wildman–Crippen LogP) is 1.96. The Bertz CT molecular complexity index is 445. The molecule has 17 heavy (non-hydrogen) atoms. The van der Waals surface area contributed by atoms with Crippen LogP contribution >= 0.6 is 34.8 Å². The summed E-state index contributed by atoms with van der Waals surface area (Å²) in [6.45, 7) is 0.467. The van der Waals surface area contributed by atoms with Crippen molar-refractivity contribution in [3.05, 3.63) is 10.3 Å². The number of alkyl halides is 1. The molecule has 1 atom stereocenters. The Kier molecular flexibility index (Phi) is 3.61. The number of halogens is 3. The van der Waals surface area contributed by atoms with Crippen LogP contribution in [0.4, 0.5) is 11.6 Å². The normalized spacial score (nSPS) is 20.1. The standard InChI is InChI=1S/C9H9Cl3N4O/c10-2-4-1-5(17)16(3-4)6-7(11)14-9(13)15-8(6)12/h4H,1-3H2,(H2,13,14,15). The van der Waals surface area contributed by atoms with Gasteiger partial charge in [-0.15, -0.1) is 11.6 Å². The molecule has 2 heterocycles. The van der Waals surface area contributed by atoms with E-state index < -0.39 is 0 Å². The van der Waals surface area contributed by atoms with E-state index in [4.69, 9.17) is 40.5 Å². The molecular formula is C9H9Cl3N4O. The largest absolute Gasteiger partial charge is 0.368 e. The first-order valence-electron chi connectivity index (χ1n) is 4.87. The van der Waals surface area contributed by atoms with Gasteiger partial charge >= 0.3 is 0 Å². The number of anilines is 2. The van der Waals surface area contributed by atoms with Gasteiger partial charge in [-0.25, -0.2) is 0 Å². The van der Waals surface area contributed by atoms with Gasteiger partial charge in [-0.2, -0.15) is 9.97 Å². The minimum Gasteiger partial charge on any atom is -0.368 e. The van der Waals surface area contributed by atoms with Crippen molar-refractivity contribution in [2.75, 3.05) is 23.1 Å².